The van der Waals surface area contributed by atoms with E-state index in [4.69, 9.17) is 4.74 Å². The van der Waals surface area contributed by atoms with Gasteiger partial charge in [-0.25, -0.2) is 0 Å². The Labute approximate surface area is 176 Å². The molecule has 0 aliphatic carbocycles. The number of carbonyl (C=O) groups excluding carboxylic acids is 2. The molecule has 0 bridgehead atoms. The molecule has 3 N–H and O–H groups in total. The first kappa shape index (κ1) is 21.7. The average Bonchev–Trinajstić information content (AvgIpc) is 2.76. The number of anilines is 1. The Hall–Kier alpha value is -2.97. The maximum atomic E-state index is 13.3. The summed E-state index contributed by atoms with van der Waals surface area (Å²) in [7, 11) is 1.85. The molecule has 1 aromatic carbocycles. The summed E-state index contributed by atoms with van der Waals surface area (Å²) in [6, 6.07) is 7.94. The molecular formula is C22H28N4O4. The van der Waals surface area contributed by atoms with Gasteiger partial charge in [-0.15, -0.1) is 0 Å². The summed E-state index contributed by atoms with van der Waals surface area (Å²) in [6.45, 7) is 4.79. The van der Waals surface area contributed by atoms with Gasteiger partial charge in [-0.3, -0.25) is 14.6 Å². The van der Waals surface area contributed by atoms with Gasteiger partial charge in [0.15, 0.2) is 0 Å². The third-order valence-corrected chi connectivity index (χ3v) is 5.27. The molecule has 30 heavy (non-hydrogen) atoms. The van der Waals surface area contributed by atoms with E-state index in [1.807, 2.05) is 20.9 Å². The largest absolute Gasteiger partial charge is 0.488 e. The van der Waals surface area contributed by atoms with Crippen LogP contribution in [0.5, 0.6) is 5.75 Å². The van der Waals surface area contributed by atoms with Crippen LogP contribution in [0, 0.1) is 5.92 Å². The molecule has 0 saturated heterocycles. The predicted octanol–water partition coefficient (Wildman–Crippen LogP) is 1.77. The van der Waals surface area contributed by atoms with E-state index in [2.05, 4.69) is 15.6 Å². The van der Waals surface area contributed by atoms with Crippen LogP contribution in [0.1, 0.15) is 34.6 Å². The van der Waals surface area contributed by atoms with E-state index < -0.39 is 0 Å². The first-order valence-corrected chi connectivity index (χ1v) is 10.0. The maximum absolute atomic E-state index is 13.3. The fourth-order valence-corrected chi connectivity index (χ4v) is 3.45. The number of aliphatic hydroxyl groups is 1. The topological polar surface area (TPSA) is 104 Å². The molecule has 8 nitrogen and oxygen atoms in total. The number of nitrogens with one attached hydrogen (secondary N) is 2. The molecular weight excluding hydrogens is 384 g/mol. The third-order valence-electron chi connectivity index (χ3n) is 5.27. The number of carbonyl (C=O) groups is 2. The van der Waals surface area contributed by atoms with Gasteiger partial charge in [0.1, 0.15) is 11.9 Å². The van der Waals surface area contributed by atoms with Crippen molar-refractivity contribution in [2.24, 2.45) is 5.92 Å². The summed E-state index contributed by atoms with van der Waals surface area (Å²) in [5, 5.41) is 15.6. The number of rotatable bonds is 6. The van der Waals surface area contributed by atoms with Crippen LogP contribution in [-0.4, -0.2) is 65.7 Å². The Balaban J connectivity index is 1.95. The minimum atomic E-state index is -0.337. The molecule has 1 aromatic heterocycles. The van der Waals surface area contributed by atoms with Gasteiger partial charge in [0, 0.05) is 42.7 Å². The van der Waals surface area contributed by atoms with Crippen molar-refractivity contribution >= 4 is 17.5 Å². The maximum Gasteiger partial charge on any atom is 0.258 e. The van der Waals surface area contributed by atoms with Crippen molar-refractivity contribution in [3.63, 3.8) is 0 Å². The van der Waals surface area contributed by atoms with E-state index in [0.717, 1.165) is 0 Å². The molecule has 3 rings (SSSR count). The third kappa shape index (κ3) is 4.77. The molecule has 0 unspecified atom stereocenters. The smallest absolute Gasteiger partial charge is 0.258 e. The highest BCUT2D eigenvalue weighted by atomic mass is 16.5. The minimum absolute atomic E-state index is 0.0645. The minimum Gasteiger partial charge on any atom is -0.488 e. The van der Waals surface area contributed by atoms with Crippen LogP contribution < -0.4 is 15.4 Å². The van der Waals surface area contributed by atoms with Crippen LogP contribution in [0.15, 0.2) is 42.7 Å². The van der Waals surface area contributed by atoms with Crippen molar-refractivity contribution in [2.75, 3.05) is 32.1 Å². The van der Waals surface area contributed by atoms with Crippen molar-refractivity contribution in [1.29, 1.82) is 0 Å². The zero-order valence-corrected chi connectivity index (χ0v) is 17.5. The Morgan fingerprint density at radius 1 is 1.33 bits per heavy atom. The van der Waals surface area contributed by atoms with Crippen molar-refractivity contribution in [1.82, 2.24) is 15.2 Å². The van der Waals surface area contributed by atoms with E-state index in [1.165, 1.54) is 0 Å². The monoisotopic (exact) mass is 412 g/mol. The van der Waals surface area contributed by atoms with Crippen LogP contribution in [0.3, 0.4) is 0 Å². The first-order valence-electron chi connectivity index (χ1n) is 10.0. The molecule has 8 heteroatoms. The number of nitrogens with zero attached hydrogens (tertiary/aromatic N) is 2. The summed E-state index contributed by atoms with van der Waals surface area (Å²) >= 11 is 0. The summed E-state index contributed by atoms with van der Waals surface area (Å²) in [5.41, 5.74) is 1.32. The van der Waals surface area contributed by atoms with E-state index in [9.17, 15) is 14.7 Å². The molecule has 0 radical (unpaired) electrons. The molecule has 0 spiro atoms. The molecule has 2 aromatic rings. The average molecular weight is 412 g/mol. The van der Waals surface area contributed by atoms with E-state index >= 15 is 0 Å². The summed E-state index contributed by atoms with van der Waals surface area (Å²) in [5.74, 6) is -0.00128. The number of benzene rings is 1. The van der Waals surface area contributed by atoms with Gasteiger partial charge in [-0.1, -0.05) is 6.92 Å². The van der Waals surface area contributed by atoms with Gasteiger partial charge < -0.3 is 25.4 Å². The second kappa shape index (κ2) is 9.69. The number of ether oxygens (including phenoxy) is 1. The molecule has 1 aliphatic heterocycles. The number of amides is 2. The normalized spacial score (nSPS) is 19.9. The Bertz CT molecular complexity index is 890. The first-order chi connectivity index (χ1) is 14.4. The highest BCUT2D eigenvalue weighted by molar-refractivity contribution is 6.05. The lowest BCUT2D eigenvalue weighted by atomic mass is 9.99. The fraction of sp³-hybridized carbons (Fsp3) is 0.409. The van der Waals surface area contributed by atoms with Gasteiger partial charge in [-0.05, 0) is 44.3 Å². The molecule has 1 aliphatic rings. The highest BCUT2D eigenvalue weighted by Gasteiger charge is 2.32. The molecule has 0 saturated carbocycles. The lowest BCUT2D eigenvalue weighted by molar-refractivity contribution is 0.0415. The number of likely N-dealkylation sites (N-methyl/N-ethyl adjacent to an activating group) is 1. The quantitative estimate of drug-likeness (QED) is 0.668. The summed E-state index contributed by atoms with van der Waals surface area (Å²) in [6.07, 6.45) is 2.95. The van der Waals surface area contributed by atoms with Gasteiger partial charge in [-0.2, -0.15) is 0 Å². The van der Waals surface area contributed by atoms with Gasteiger partial charge >= 0.3 is 0 Å². The SMILES string of the molecule is CNC[C@H]1Oc2ccc(NC(=O)c3ccncc3)cc2C(=O)N([C@H](C)CO)C[C@@H]1C. The summed E-state index contributed by atoms with van der Waals surface area (Å²) < 4.78 is 6.17. The Morgan fingerprint density at radius 2 is 2.07 bits per heavy atom. The lowest BCUT2D eigenvalue weighted by Gasteiger charge is -2.37. The second-order valence-corrected chi connectivity index (χ2v) is 7.58. The molecule has 2 amide bonds. The second-order valence-electron chi connectivity index (χ2n) is 7.58. The number of aromatic nitrogens is 1. The zero-order valence-electron chi connectivity index (χ0n) is 17.5. The summed E-state index contributed by atoms with van der Waals surface area (Å²) in [4.78, 5) is 31.4. The van der Waals surface area contributed by atoms with Gasteiger partial charge in [0.2, 0.25) is 0 Å². The van der Waals surface area contributed by atoms with E-state index in [-0.39, 0.29) is 36.5 Å². The molecule has 160 valence electrons. The van der Waals surface area contributed by atoms with Crippen LogP contribution in [0.2, 0.25) is 0 Å². The van der Waals surface area contributed by atoms with Crippen LogP contribution >= 0.6 is 0 Å². The van der Waals surface area contributed by atoms with Crippen LogP contribution in [0.4, 0.5) is 5.69 Å². The van der Waals surface area contributed by atoms with Crippen molar-refractivity contribution in [3.8, 4) is 5.75 Å². The van der Waals surface area contributed by atoms with Gasteiger partial charge in [0.05, 0.1) is 18.2 Å². The standard InChI is InChI=1S/C22H28N4O4/c1-14-12-26(15(2)13-27)22(29)18-10-17(4-5-19(18)30-20(14)11-23-3)25-21(28)16-6-8-24-9-7-16/h4-10,14-15,20,23,27H,11-13H2,1-3H3,(H,25,28)/t14-,15+,20+/m0/s1. The number of aliphatic hydroxyl groups excluding tert-OH is 1. The predicted molar refractivity (Wildman–Crippen MR) is 114 cm³/mol. The number of fused-ring (bicyclic) bond motifs is 1. The van der Waals surface area contributed by atoms with Crippen LogP contribution in [-0.2, 0) is 0 Å². The molecule has 0 fully saturated rings. The Morgan fingerprint density at radius 3 is 2.73 bits per heavy atom. The highest BCUT2D eigenvalue weighted by Crippen LogP contribution is 2.30. The van der Waals surface area contributed by atoms with Crippen molar-refractivity contribution < 1.29 is 19.4 Å². The molecule has 3 atom stereocenters. The molecule has 2 heterocycles. The number of hydrogen-bond donors (Lipinski definition) is 3. The fourth-order valence-electron chi connectivity index (χ4n) is 3.45. The zero-order chi connectivity index (χ0) is 21.7. The van der Waals surface area contributed by atoms with E-state index in [0.29, 0.717) is 35.7 Å². The lowest BCUT2D eigenvalue weighted by Crippen LogP contribution is -2.49. The number of pyridine rings is 1. The van der Waals surface area contributed by atoms with Gasteiger partial charge in [0.25, 0.3) is 11.8 Å². The van der Waals surface area contributed by atoms with Crippen molar-refractivity contribution in [2.45, 2.75) is 26.0 Å². The van der Waals surface area contributed by atoms with E-state index in [1.54, 1.807) is 47.6 Å². The van der Waals surface area contributed by atoms with Crippen molar-refractivity contribution in [3.05, 3.63) is 53.9 Å². The Kier molecular flexibility index (Phi) is 7.02. The van der Waals surface area contributed by atoms with Crippen LogP contribution in [0.25, 0.3) is 0 Å². The number of hydrogen-bond acceptors (Lipinski definition) is 6.